The Morgan fingerprint density at radius 2 is 1.04 bits per heavy atom. The molecule has 0 spiro atoms. The predicted molar refractivity (Wildman–Crippen MR) is 219 cm³/mol. The molecule has 0 bridgehead atoms. The van der Waals surface area contributed by atoms with Crippen LogP contribution in [0.25, 0.3) is 0 Å². The molecule has 0 heterocycles. The number of phosphoric ester groups is 1. The summed E-state index contributed by atoms with van der Waals surface area (Å²) in [7, 11) is -4.63. The number of carbonyl (C=O) groups excluding carboxylic acids is 2. The third kappa shape index (κ3) is 38.0. The maximum absolute atomic E-state index is 12.6. The Balaban J connectivity index is 4.39. The van der Waals surface area contributed by atoms with E-state index in [2.05, 4.69) is 72.2 Å². The highest BCUT2D eigenvalue weighted by Crippen LogP contribution is 2.43. The summed E-state index contributed by atoms with van der Waals surface area (Å²) in [6, 6.07) is 0. The van der Waals surface area contributed by atoms with Gasteiger partial charge in [-0.05, 0) is 58.3 Å². The van der Waals surface area contributed by atoms with Crippen molar-refractivity contribution in [1.29, 1.82) is 0 Å². The number of unbranched alkanes of at least 4 members (excludes halogenated alkanes) is 15. The largest absolute Gasteiger partial charge is 0.472 e. The van der Waals surface area contributed by atoms with E-state index in [1.54, 1.807) is 0 Å². The van der Waals surface area contributed by atoms with Crippen molar-refractivity contribution in [2.24, 2.45) is 0 Å². The molecule has 10 nitrogen and oxygen atoms in total. The van der Waals surface area contributed by atoms with Crippen molar-refractivity contribution < 1.29 is 47.8 Å². The Kier molecular flexibility index (Phi) is 37.2. The minimum atomic E-state index is -4.63. The van der Waals surface area contributed by atoms with E-state index < -0.39 is 51.8 Å². The van der Waals surface area contributed by atoms with Crippen molar-refractivity contribution in [2.75, 3.05) is 26.4 Å². The molecule has 0 aliphatic heterocycles. The molecule has 0 radical (unpaired) electrons. The Bertz CT molecular complexity index is 1080. The normalized spacial score (nSPS) is 14.5. The van der Waals surface area contributed by atoms with Crippen molar-refractivity contribution in [3.8, 4) is 0 Å². The molecule has 0 aromatic rings. The van der Waals surface area contributed by atoms with Crippen LogP contribution in [-0.4, -0.2) is 65.7 Å². The highest BCUT2D eigenvalue weighted by molar-refractivity contribution is 7.47. The van der Waals surface area contributed by atoms with Crippen LogP contribution in [0.1, 0.15) is 162 Å². The summed E-state index contributed by atoms with van der Waals surface area (Å²) in [5.41, 5.74) is 0. The number of aliphatic hydroxyl groups is 2. The number of hydrogen-bond donors (Lipinski definition) is 3. The molecular weight excluding hydrogens is 707 g/mol. The van der Waals surface area contributed by atoms with Gasteiger partial charge in [-0.1, -0.05) is 151 Å². The van der Waals surface area contributed by atoms with Gasteiger partial charge in [-0.25, -0.2) is 4.57 Å². The Labute approximate surface area is 327 Å². The lowest BCUT2D eigenvalue weighted by atomic mass is 10.0. The molecule has 0 amide bonds. The second kappa shape index (κ2) is 38.9. The lowest BCUT2D eigenvalue weighted by molar-refractivity contribution is -0.161. The second-order valence-electron chi connectivity index (χ2n) is 13.7. The number of aliphatic hydroxyl groups excluding tert-OH is 2. The van der Waals surface area contributed by atoms with E-state index in [-0.39, 0.29) is 19.4 Å². The summed E-state index contributed by atoms with van der Waals surface area (Å²) in [6.45, 7) is 2.11. The third-order valence-electron chi connectivity index (χ3n) is 8.52. The highest BCUT2D eigenvalue weighted by Gasteiger charge is 2.27. The molecule has 0 saturated carbocycles. The highest BCUT2D eigenvalue weighted by atomic mass is 31.2. The van der Waals surface area contributed by atoms with Crippen LogP contribution in [0.3, 0.4) is 0 Å². The van der Waals surface area contributed by atoms with Crippen molar-refractivity contribution in [3.63, 3.8) is 0 Å². The van der Waals surface area contributed by atoms with Crippen LogP contribution >= 0.6 is 7.82 Å². The minimum absolute atomic E-state index is 0.144. The topological polar surface area (TPSA) is 149 Å². The number of ether oxygens (including phenoxy) is 2. The third-order valence-corrected chi connectivity index (χ3v) is 9.47. The van der Waals surface area contributed by atoms with Crippen LogP contribution in [-0.2, 0) is 32.7 Å². The quantitative estimate of drug-likeness (QED) is 0.0239. The van der Waals surface area contributed by atoms with Gasteiger partial charge in [0.2, 0.25) is 0 Å². The average molecular weight is 783 g/mol. The number of esters is 2. The zero-order valence-electron chi connectivity index (χ0n) is 33.7. The van der Waals surface area contributed by atoms with E-state index in [0.29, 0.717) is 12.8 Å². The molecule has 0 rings (SSSR count). The molecule has 11 heteroatoms. The summed E-state index contributed by atoms with van der Waals surface area (Å²) < 4.78 is 32.6. The molecular formula is C43H75O10P. The summed E-state index contributed by atoms with van der Waals surface area (Å²) >= 11 is 0. The first-order chi connectivity index (χ1) is 26.2. The number of rotatable bonds is 38. The first kappa shape index (κ1) is 51.7. The lowest BCUT2D eigenvalue weighted by Gasteiger charge is -2.20. The van der Waals surface area contributed by atoms with Crippen molar-refractivity contribution >= 4 is 19.8 Å². The van der Waals surface area contributed by atoms with E-state index in [1.807, 2.05) is 6.92 Å². The molecule has 0 aromatic heterocycles. The summed E-state index contributed by atoms with van der Waals surface area (Å²) in [5.74, 6) is -0.965. The average Bonchev–Trinajstić information content (AvgIpc) is 3.16. The van der Waals surface area contributed by atoms with Crippen LogP contribution in [0, 0.1) is 0 Å². The maximum atomic E-state index is 12.6. The number of phosphoric acid groups is 1. The number of carbonyl (C=O) groups is 2. The monoisotopic (exact) mass is 783 g/mol. The second-order valence-corrected chi connectivity index (χ2v) is 15.1. The zero-order chi connectivity index (χ0) is 39.8. The molecule has 0 saturated heterocycles. The van der Waals surface area contributed by atoms with Gasteiger partial charge in [-0.15, -0.1) is 0 Å². The fourth-order valence-corrected chi connectivity index (χ4v) is 6.09. The Morgan fingerprint density at radius 1 is 0.593 bits per heavy atom. The van der Waals surface area contributed by atoms with Gasteiger partial charge in [0.25, 0.3) is 0 Å². The van der Waals surface area contributed by atoms with Gasteiger partial charge >= 0.3 is 19.8 Å². The van der Waals surface area contributed by atoms with E-state index in [9.17, 15) is 24.2 Å². The minimum Gasteiger partial charge on any atom is -0.462 e. The summed E-state index contributed by atoms with van der Waals surface area (Å²) in [4.78, 5) is 34.9. The van der Waals surface area contributed by atoms with E-state index in [1.165, 1.54) is 57.8 Å². The van der Waals surface area contributed by atoms with Gasteiger partial charge in [-0.2, -0.15) is 0 Å². The predicted octanol–water partition coefficient (Wildman–Crippen LogP) is 10.7. The molecule has 0 aliphatic rings. The van der Waals surface area contributed by atoms with E-state index in [0.717, 1.165) is 64.2 Å². The molecule has 1 unspecified atom stereocenters. The molecule has 54 heavy (non-hydrogen) atoms. The van der Waals surface area contributed by atoms with Crippen LogP contribution in [0.2, 0.25) is 0 Å². The van der Waals surface area contributed by atoms with E-state index >= 15 is 0 Å². The number of allylic oxidation sites excluding steroid dienone is 10. The van der Waals surface area contributed by atoms with Crippen molar-refractivity contribution in [3.05, 3.63) is 60.8 Å². The first-order valence-corrected chi connectivity index (χ1v) is 22.2. The molecule has 3 N–H and O–H groups in total. The van der Waals surface area contributed by atoms with E-state index in [4.69, 9.17) is 19.1 Å². The van der Waals surface area contributed by atoms with Crippen LogP contribution in [0.4, 0.5) is 0 Å². The van der Waals surface area contributed by atoms with Gasteiger partial charge in [-0.3, -0.25) is 18.6 Å². The standard InChI is InChI=1S/C43H75O10P/c1-3-5-7-9-11-13-15-17-18-19-20-21-23-25-27-29-31-33-35-43(47)53-41(39-52-54(48,49)51-37-40(45)36-44)38-50-42(46)34-32-30-28-26-24-22-16-14-12-10-8-6-4-2/h3,5,9,11,15,17,19-20,23,25,40-41,44-45H,4,6-8,10,12-14,16,18,21-22,24,26-39H2,1-2H3,(H,48,49)/b5-3-,11-9-,17-15-,20-19-,25-23-/t40-,41+/m0/s1. The Morgan fingerprint density at radius 3 is 1.56 bits per heavy atom. The number of hydrogen-bond acceptors (Lipinski definition) is 9. The van der Waals surface area contributed by atoms with Gasteiger partial charge < -0.3 is 24.6 Å². The van der Waals surface area contributed by atoms with Crippen LogP contribution < -0.4 is 0 Å². The zero-order valence-corrected chi connectivity index (χ0v) is 34.6. The fourth-order valence-electron chi connectivity index (χ4n) is 5.30. The van der Waals surface area contributed by atoms with Gasteiger partial charge in [0.1, 0.15) is 12.7 Å². The molecule has 0 aromatic carbocycles. The maximum Gasteiger partial charge on any atom is 0.472 e. The van der Waals surface area contributed by atoms with Gasteiger partial charge in [0.15, 0.2) is 6.10 Å². The van der Waals surface area contributed by atoms with Crippen molar-refractivity contribution in [1.82, 2.24) is 0 Å². The lowest BCUT2D eigenvalue weighted by Crippen LogP contribution is -2.29. The summed E-state index contributed by atoms with van der Waals surface area (Å²) in [6.07, 6.45) is 41.9. The molecule has 0 fully saturated rings. The van der Waals surface area contributed by atoms with Gasteiger partial charge in [0.05, 0.1) is 19.8 Å². The first-order valence-electron chi connectivity index (χ1n) is 20.7. The fraction of sp³-hybridized carbons (Fsp3) is 0.721. The summed E-state index contributed by atoms with van der Waals surface area (Å²) in [5, 5.41) is 18.3. The molecule has 312 valence electrons. The SMILES string of the molecule is C/C=C\C/C=C\C/C=C\C/C=C\C/C=C\CCCCCC(=O)O[C@H](COC(=O)CCCCCCCCCCCCCCC)COP(=O)(O)OC[C@@H](O)CO. The van der Waals surface area contributed by atoms with Crippen LogP contribution in [0.5, 0.6) is 0 Å². The Hall–Kier alpha value is -2.33. The van der Waals surface area contributed by atoms with Crippen LogP contribution in [0.15, 0.2) is 60.8 Å². The molecule has 3 atom stereocenters. The van der Waals surface area contributed by atoms with Gasteiger partial charge in [0, 0.05) is 12.8 Å². The smallest absolute Gasteiger partial charge is 0.462 e. The van der Waals surface area contributed by atoms with Crippen molar-refractivity contribution in [2.45, 2.75) is 174 Å². The molecule has 0 aliphatic carbocycles.